The van der Waals surface area contributed by atoms with Gasteiger partial charge < -0.3 is 10.6 Å². The molecule has 2 fully saturated rings. The first-order valence-corrected chi connectivity index (χ1v) is 8.24. The molecule has 1 heterocycles. The summed E-state index contributed by atoms with van der Waals surface area (Å²) in [6, 6.07) is 5.40. The van der Waals surface area contributed by atoms with Crippen LogP contribution in [0.4, 0.5) is 0 Å². The molecule has 0 bridgehead atoms. The zero-order valence-corrected chi connectivity index (χ0v) is 14.8. The van der Waals surface area contributed by atoms with Crippen molar-refractivity contribution in [2.75, 3.05) is 13.1 Å². The first kappa shape index (κ1) is 17.9. The standard InChI is InChI=1S/C16H20Cl2N2O.ClH/c1-10(11-3-2-4-13(17)14(11)18)20-15(21)12-9-16(12)5-7-19-8-6-16;/h2-4,10,12,19H,5-9H2,1H3,(H,20,21);1H. The maximum atomic E-state index is 12.5. The summed E-state index contributed by atoms with van der Waals surface area (Å²) in [6.07, 6.45) is 3.24. The summed E-state index contributed by atoms with van der Waals surface area (Å²) in [5, 5.41) is 7.50. The van der Waals surface area contributed by atoms with Gasteiger partial charge in [-0.3, -0.25) is 4.79 Å². The van der Waals surface area contributed by atoms with E-state index in [0.29, 0.717) is 10.0 Å². The highest BCUT2D eigenvalue weighted by Crippen LogP contribution is 2.58. The monoisotopic (exact) mass is 362 g/mol. The van der Waals surface area contributed by atoms with Gasteiger partial charge >= 0.3 is 0 Å². The predicted molar refractivity (Wildman–Crippen MR) is 92.9 cm³/mol. The molecular formula is C16H21Cl3N2O. The first-order chi connectivity index (χ1) is 10.0. The van der Waals surface area contributed by atoms with E-state index in [1.807, 2.05) is 19.1 Å². The van der Waals surface area contributed by atoms with Gasteiger partial charge in [0, 0.05) is 5.92 Å². The smallest absolute Gasteiger partial charge is 0.224 e. The molecule has 0 radical (unpaired) electrons. The fourth-order valence-corrected chi connectivity index (χ4v) is 3.91. The molecule has 3 rings (SSSR count). The fraction of sp³-hybridized carbons (Fsp3) is 0.562. The van der Waals surface area contributed by atoms with Crippen LogP contribution in [0, 0.1) is 11.3 Å². The second-order valence-corrected chi connectivity index (χ2v) is 7.03. The minimum atomic E-state index is -0.122. The molecule has 1 saturated heterocycles. The van der Waals surface area contributed by atoms with E-state index in [9.17, 15) is 4.79 Å². The normalized spacial score (nSPS) is 23.5. The van der Waals surface area contributed by atoms with Crippen molar-refractivity contribution in [1.29, 1.82) is 0 Å². The molecule has 0 aromatic heterocycles. The summed E-state index contributed by atoms with van der Waals surface area (Å²) in [6.45, 7) is 4.01. The van der Waals surface area contributed by atoms with E-state index in [2.05, 4.69) is 10.6 Å². The molecule has 1 aromatic rings. The van der Waals surface area contributed by atoms with E-state index in [1.165, 1.54) is 0 Å². The van der Waals surface area contributed by atoms with Crippen molar-refractivity contribution in [3.8, 4) is 0 Å². The lowest BCUT2D eigenvalue weighted by molar-refractivity contribution is -0.123. The molecule has 1 saturated carbocycles. The van der Waals surface area contributed by atoms with Crippen molar-refractivity contribution in [1.82, 2.24) is 10.6 Å². The van der Waals surface area contributed by atoms with Gasteiger partial charge in [-0.2, -0.15) is 0 Å². The summed E-state index contributed by atoms with van der Waals surface area (Å²) < 4.78 is 0. The maximum Gasteiger partial charge on any atom is 0.224 e. The van der Waals surface area contributed by atoms with Crippen LogP contribution in [0.5, 0.6) is 0 Å². The topological polar surface area (TPSA) is 41.1 Å². The van der Waals surface area contributed by atoms with Crippen LogP contribution in [0.25, 0.3) is 0 Å². The average Bonchev–Trinajstić information content (AvgIpc) is 3.16. The molecule has 1 aliphatic heterocycles. The minimum absolute atomic E-state index is 0. The van der Waals surface area contributed by atoms with Gasteiger partial charge in [0.2, 0.25) is 5.91 Å². The Morgan fingerprint density at radius 3 is 2.73 bits per heavy atom. The molecule has 2 N–H and O–H groups in total. The van der Waals surface area contributed by atoms with Crippen molar-refractivity contribution < 1.29 is 4.79 Å². The zero-order valence-electron chi connectivity index (χ0n) is 12.5. The molecule has 2 unspecified atom stereocenters. The lowest BCUT2D eigenvalue weighted by Gasteiger charge is -2.24. The number of rotatable bonds is 3. The number of hydrogen-bond acceptors (Lipinski definition) is 2. The van der Waals surface area contributed by atoms with E-state index in [4.69, 9.17) is 23.2 Å². The van der Waals surface area contributed by atoms with E-state index in [-0.39, 0.29) is 35.7 Å². The number of benzene rings is 1. The Morgan fingerprint density at radius 1 is 1.36 bits per heavy atom. The van der Waals surface area contributed by atoms with Gasteiger partial charge in [-0.25, -0.2) is 0 Å². The Balaban J connectivity index is 0.00000176. The highest BCUT2D eigenvalue weighted by Gasteiger charge is 2.57. The van der Waals surface area contributed by atoms with E-state index in [0.717, 1.165) is 37.9 Å². The van der Waals surface area contributed by atoms with Gasteiger partial charge in [-0.05, 0) is 56.3 Å². The van der Waals surface area contributed by atoms with Crippen LogP contribution in [0.2, 0.25) is 10.0 Å². The third-order valence-corrected chi connectivity index (χ3v) is 5.75. The van der Waals surface area contributed by atoms with Gasteiger partial charge in [-0.1, -0.05) is 35.3 Å². The summed E-state index contributed by atoms with van der Waals surface area (Å²) in [4.78, 5) is 12.5. The van der Waals surface area contributed by atoms with Gasteiger partial charge in [0.25, 0.3) is 0 Å². The molecule has 1 aliphatic carbocycles. The second kappa shape index (κ2) is 6.96. The largest absolute Gasteiger partial charge is 0.349 e. The van der Waals surface area contributed by atoms with E-state index < -0.39 is 0 Å². The third-order valence-electron chi connectivity index (χ3n) is 4.91. The number of nitrogens with one attached hydrogen (secondary N) is 2. The maximum absolute atomic E-state index is 12.5. The summed E-state index contributed by atoms with van der Waals surface area (Å²) >= 11 is 12.3. The third kappa shape index (κ3) is 3.38. The number of hydrogen-bond donors (Lipinski definition) is 2. The Labute approximate surface area is 147 Å². The Bertz CT molecular complexity index is 558. The Hall–Kier alpha value is -0.480. The van der Waals surface area contributed by atoms with E-state index >= 15 is 0 Å². The van der Waals surface area contributed by atoms with Crippen LogP contribution in [0.15, 0.2) is 18.2 Å². The van der Waals surface area contributed by atoms with Gasteiger partial charge in [-0.15, -0.1) is 12.4 Å². The molecule has 3 nitrogen and oxygen atoms in total. The van der Waals surface area contributed by atoms with E-state index in [1.54, 1.807) is 6.07 Å². The SMILES string of the molecule is CC(NC(=O)C1CC12CCNCC2)c1cccc(Cl)c1Cl.Cl. The Morgan fingerprint density at radius 2 is 2.05 bits per heavy atom. The van der Waals surface area contributed by atoms with Crippen molar-refractivity contribution in [3.63, 3.8) is 0 Å². The minimum Gasteiger partial charge on any atom is -0.349 e. The van der Waals surface area contributed by atoms with Crippen molar-refractivity contribution >= 4 is 41.5 Å². The Kier molecular flexibility index (Phi) is 5.65. The van der Waals surface area contributed by atoms with Gasteiger partial charge in [0.05, 0.1) is 16.1 Å². The molecule has 1 aromatic carbocycles. The van der Waals surface area contributed by atoms with Crippen molar-refractivity contribution in [3.05, 3.63) is 33.8 Å². The molecule has 1 amide bonds. The predicted octanol–water partition coefficient (Wildman–Crippen LogP) is 3.98. The van der Waals surface area contributed by atoms with Crippen LogP contribution in [0.1, 0.15) is 37.8 Å². The molecule has 2 atom stereocenters. The molecule has 122 valence electrons. The number of carbonyl (C=O) groups is 1. The summed E-state index contributed by atoms with van der Waals surface area (Å²) in [7, 11) is 0. The number of carbonyl (C=O) groups excluding carboxylic acids is 1. The highest BCUT2D eigenvalue weighted by atomic mass is 35.5. The van der Waals surface area contributed by atoms with Crippen LogP contribution >= 0.6 is 35.6 Å². The lowest BCUT2D eigenvalue weighted by Crippen LogP contribution is -2.34. The quantitative estimate of drug-likeness (QED) is 0.853. The van der Waals surface area contributed by atoms with Gasteiger partial charge in [0.15, 0.2) is 0 Å². The molecule has 1 spiro atoms. The van der Waals surface area contributed by atoms with Gasteiger partial charge in [0.1, 0.15) is 0 Å². The second-order valence-electron chi connectivity index (χ2n) is 6.24. The fourth-order valence-electron chi connectivity index (χ4n) is 3.44. The number of piperidine rings is 1. The number of halogens is 3. The number of amides is 1. The molecule has 22 heavy (non-hydrogen) atoms. The summed E-state index contributed by atoms with van der Waals surface area (Å²) in [5.74, 6) is 0.320. The van der Waals surface area contributed by atoms with Crippen molar-refractivity contribution in [2.45, 2.75) is 32.2 Å². The lowest BCUT2D eigenvalue weighted by atomic mass is 9.91. The van der Waals surface area contributed by atoms with Crippen LogP contribution in [0.3, 0.4) is 0 Å². The zero-order chi connectivity index (χ0) is 15.0. The molecule has 6 heteroatoms. The first-order valence-electron chi connectivity index (χ1n) is 7.48. The van der Waals surface area contributed by atoms with Crippen molar-refractivity contribution in [2.24, 2.45) is 11.3 Å². The van der Waals surface area contributed by atoms with Crippen LogP contribution in [-0.2, 0) is 4.79 Å². The molecule has 2 aliphatic rings. The van der Waals surface area contributed by atoms with Crippen LogP contribution in [-0.4, -0.2) is 19.0 Å². The highest BCUT2D eigenvalue weighted by molar-refractivity contribution is 6.42. The van der Waals surface area contributed by atoms with Crippen LogP contribution < -0.4 is 10.6 Å². The average molecular weight is 364 g/mol. The summed E-state index contributed by atoms with van der Waals surface area (Å²) in [5.41, 5.74) is 1.13. The molecular weight excluding hydrogens is 343 g/mol.